The molecule has 3 aromatic rings. The molecule has 0 bridgehead atoms. The topological polar surface area (TPSA) is 130 Å². The molecule has 5 rings (SSSR count). The van der Waals surface area contributed by atoms with Gasteiger partial charge in [0.2, 0.25) is 5.91 Å². The van der Waals surface area contributed by atoms with E-state index >= 15 is 0 Å². The number of ether oxygens (including phenoxy) is 1. The lowest BCUT2D eigenvalue weighted by molar-refractivity contribution is -0.376. The van der Waals surface area contributed by atoms with Gasteiger partial charge in [-0.3, -0.25) is 9.10 Å². The fourth-order valence-corrected chi connectivity index (χ4v) is 6.38. The molecule has 16 heteroatoms. The Hall–Kier alpha value is -4.77. The van der Waals surface area contributed by atoms with E-state index < -0.39 is 51.1 Å². The van der Waals surface area contributed by atoms with Crippen molar-refractivity contribution in [3.05, 3.63) is 89.2 Å². The summed E-state index contributed by atoms with van der Waals surface area (Å²) in [6, 6.07) is 13.4. The number of anilines is 1. The summed E-state index contributed by atoms with van der Waals surface area (Å²) in [4.78, 5) is 8.93. The SMILES string of the molecule is C#C.C#C.CC(N)=O.CC1(C)Oc2ccccc2C[C@@H]1O.O=S(=O)(c1ccc(F)cc1)N1CCCc2cc(C(O)(C(F)(F)F)C(F)(F)F)ccc21. The van der Waals surface area contributed by atoms with Crippen molar-refractivity contribution in [1.82, 2.24) is 0 Å². The highest BCUT2D eigenvalue weighted by atomic mass is 32.2. The summed E-state index contributed by atoms with van der Waals surface area (Å²) >= 11 is 0. The zero-order chi connectivity index (χ0) is 39.6. The highest BCUT2D eigenvalue weighted by molar-refractivity contribution is 7.92. The minimum Gasteiger partial charge on any atom is -0.485 e. The smallest absolute Gasteiger partial charge is 0.430 e. The third-order valence-corrected chi connectivity index (χ3v) is 9.18. The first-order valence-electron chi connectivity index (χ1n) is 14.7. The Kier molecular flexibility index (Phi) is 15.1. The van der Waals surface area contributed by atoms with Gasteiger partial charge in [-0.2, -0.15) is 26.3 Å². The molecular formula is C35H37F7N2O6S. The van der Waals surface area contributed by atoms with Crippen LogP contribution >= 0.6 is 0 Å². The van der Waals surface area contributed by atoms with Crippen LogP contribution < -0.4 is 14.8 Å². The van der Waals surface area contributed by atoms with Gasteiger partial charge in [0.25, 0.3) is 15.6 Å². The minimum atomic E-state index is -6.05. The molecule has 0 radical (unpaired) electrons. The predicted octanol–water partition coefficient (Wildman–Crippen LogP) is 6.03. The number of alkyl halides is 6. The van der Waals surface area contributed by atoms with Crippen molar-refractivity contribution in [2.24, 2.45) is 5.73 Å². The number of para-hydroxylation sites is 1. The van der Waals surface area contributed by atoms with Crippen LogP contribution in [0.15, 0.2) is 71.6 Å². The molecule has 0 aliphatic carbocycles. The summed E-state index contributed by atoms with van der Waals surface area (Å²) in [5.41, 5.74) is -1.67. The summed E-state index contributed by atoms with van der Waals surface area (Å²) in [6.07, 6.45) is 4.30. The standard InChI is InChI=1S/C18H14F7NO3S.C11H14O2.C2H5NO.2C2H2/c19-13-4-6-14(7-5-13)30(28,29)26-9-1-2-11-10-12(3-8-15(11)26)16(27,17(20,21)22)18(23,24)25;1-11(2)10(12)7-8-5-3-4-6-9(8)13-11;1-2(3)4;2*1-2/h3-8,10,27H,1-2,9H2;3-6,10,12H,7H2,1-2H3;1H3,(H2,3,4);2*1-2H/t;10-;;;/m.0.../s1. The van der Waals surface area contributed by atoms with E-state index in [0.717, 1.165) is 46.0 Å². The molecule has 0 spiro atoms. The van der Waals surface area contributed by atoms with Crippen molar-refractivity contribution in [1.29, 1.82) is 0 Å². The number of amides is 1. The van der Waals surface area contributed by atoms with E-state index in [9.17, 15) is 54.2 Å². The molecular weight excluding hydrogens is 709 g/mol. The summed E-state index contributed by atoms with van der Waals surface area (Å²) < 4.78 is 124. The van der Waals surface area contributed by atoms with Gasteiger partial charge in [0, 0.05) is 25.5 Å². The van der Waals surface area contributed by atoms with Crippen molar-refractivity contribution < 1.29 is 58.9 Å². The Bertz CT molecular complexity index is 1750. The fourth-order valence-electron chi connectivity index (χ4n) is 4.84. The Morgan fingerprint density at radius 3 is 1.94 bits per heavy atom. The highest BCUT2D eigenvalue weighted by Crippen LogP contribution is 2.51. The normalized spacial score (nSPS) is 16.2. The molecule has 0 unspecified atom stereocenters. The van der Waals surface area contributed by atoms with Crippen molar-refractivity contribution in [3.63, 3.8) is 0 Å². The van der Waals surface area contributed by atoms with Crippen LogP contribution in [-0.2, 0) is 33.3 Å². The maximum Gasteiger partial charge on any atom is 0.430 e. The van der Waals surface area contributed by atoms with E-state index in [2.05, 4.69) is 31.4 Å². The van der Waals surface area contributed by atoms with E-state index in [1.165, 1.54) is 6.92 Å². The Labute approximate surface area is 292 Å². The molecule has 0 aromatic heterocycles. The number of halogens is 7. The van der Waals surface area contributed by atoms with Crippen LogP contribution in [0.4, 0.5) is 36.4 Å². The molecule has 1 amide bonds. The van der Waals surface area contributed by atoms with E-state index in [1.807, 2.05) is 38.1 Å². The number of hydrogen-bond acceptors (Lipinski definition) is 6. The quantitative estimate of drug-likeness (QED) is 0.222. The first-order valence-corrected chi connectivity index (χ1v) is 16.1. The van der Waals surface area contributed by atoms with Crippen LogP contribution in [0.2, 0.25) is 0 Å². The lowest BCUT2D eigenvalue weighted by Gasteiger charge is -2.36. The van der Waals surface area contributed by atoms with Gasteiger partial charge in [-0.15, -0.1) is 25.7 Å². The number of aryl methyl sites for hydroxylation is 1. The monoisotopic (exact) mass is 746 g/mol. The van der Waals surface area contributed by atoms with Crippen LogP contribution in [0, 0.1) is 31.5 Å². The van der Waals surface area contributed by atoms with E-state index in [4.69, 9.17) is 4.74 Å². The van der Waals surface area contributed by atoms with Crippen molar-refractivity contribution in [2.75, 3.05) is 10.8 Å². The zero-order valence-electron chi connectivity index (χ0n) is 27.7. The fraction of sp³-hybridized carbons (Fsp3) is 0.343. The third kappa shape index (κ3) is 10.4. The molecule has 0 saturated carbocycles. The Morgan fingerprint density at radius 2 is 1.43 bits per heavy atom. The second-order valence-electron chi connectivity index (χ2n) is 11.3. The molecule has 2 aliphatic heterocycles. The summed E-state index contributed by atoms with van der Waals surface area (Å²) in [6.45, 7) is 5.05. The maximum absolute atomic E-state index is 13.1. The van der Waals surface area contributed by atoms with Crippen LogP contribution in [0.1, 0.15) is 43.9 Å². The second-order valence-corrected chi connectivity index (χ2v) is 13.2. The average molecular weight is 747 g/mol. The molecule has 51 heavy (non-hydrogen) atoms. The predicted molar refractivity (Wildman–Crippen MR) is 177 cm³/mol. The van der Waals surface area contributed by atoms with Gasteiger partial charge in [0.05, 0.1) is 16.7 Å². The number of sulfonamides is 1. The minimum absolute atomic E-state index is 0.00437. The molecule has 8 nitrogen and oxygen atoms in total. The number of carbonyl (C=O) groups is 1. The van der Waals surface area contributed by atoms with E-state index in [-0.39, 0.29) is 41.4 Å². The largest absolute Gasteiger partial charge is 0.485 e. The number of carbonyl (C=O) groups excluding carboxylic acids is 1. The van der Waals surface area contributed by atoms with Crippen LogP contribution in [0.5, 0.6) is 5.75 Å². The number of aliphatic hydroxyl groups excluding tert-OH is 1. The second kappa shape index (κ2) is 17.4. The number of terminal acetylenes is 2. The van der Waals surface area contributed by atoms with Crippen molar-refractivity contribution >= 4 is 21.6 Å². The highest BCUT2D eigenvalue weighted by Gasteiger charge is 2.71. The van der Waals surface area contributed by atoms with Crippen molar-refractivity contribution in [3.8, 4) is 31.4 Å². The van der Waals surface area contributed by atoms with Gasteiger partial charge >= 0.3 is 12.4 Å². The van der Waals surface area contributed by atoms with Gasteiger partial charge in [0.1, 0.15) is 17.2 Å². The molecule has 1 atom stereocenters. The van der Waals surface area contributed by atoms with Gasteiger partial charge in [0.15, 0.2) is 0 Å². The first-order chi connectivity index (χ1) is 23.5. The summed E-state index contributed by atoms with van der Waals surface area (Å²) in [7, 11) is -4.24. The molecule has 2 heterocycles. The molecule has 2 aliphatic rings. The Balaban J connectivity index is 0.000000509. The van der Waals surface area contributed by atoms with Gasteiger partial charge < -0.3 is 20.7 Å². The number of benzene rings is 3. The van der Waals surface area contributed by atoms with Gasteiger partial charge in [-0.1, -0.05) is 30.3 Å². The van der Waals surface area contributed by atoms with E-state index in [1.54, 1.807) is 0 Å². The third-order valence-electron chi connectivity index (χ3n) is 7.36. The lowest BCUT2D eigenvalue weighted by atomic mass is 9.89. The molecule has 4 N–H and O–H groups in total. The molecule has 278 valence electrons. The number of hydrogen-bond donors (Lipinski definition) is 3. The number of nitrogens with two attached hydrogens (primary N) is 1. The lowest BCUT2D eigenvalue weighted by Crippen LogP contribution is -2.54. The van der Waals surface area contributed by atoms with Crippen LogP contribution in [-0.4, -0.2) is 55.1 Å². The van der Waals surface area contributed by atoms with E-state index in [0.29, 0.717) is 18.6 Å². The Morgan fingerprint density at radius 1 is 0.922 bits per heavy atom. The number of primary amides is 1. The number of fused-ring (bicyclic) bond motifs is 2. The first kappa shape index (κ1) is 44.3. The van der Waals surface area contributed by atoms with Gasteiger partial charge in [-0.25, -0.2) is 12.8 Å². The van der Waals surface area contributed by atoms with Crippen LogP contribution in [0.25, 0.3) is 0 Å². The molecule has 0 saturated heterocycles. The van der Waals surface area contributed by atoms with Crippen LogP contribution in [0.3, 0.4) is 0 Å². The molecule has 0 fully saturated rings. The summed E-state index contributed by atoms with van der Waals surface area (Å²) in [5, 5.41) is 19.3. The maximum atomic E-state index is 13.1. The summed E-state index contributed by atoms with van der Waals surface area (Å²) in [5.74, 6) is -0.117. The molecule has 3 aromatic carbocycles. The zero-order valence-corrected chi connectivity index (χ0v) is 28.5. The van der Waals surface area contributed by atoms with Crippen molar-refractivity contribution in [2.45, 2.75) is 74.6 Å². The number of rotatable bonds is 3. The number of nitrogens with zero attached hydrogens (tertiary/aromatic N) is 1. The average Bonchev–Trinajstić information content (AvgIpc) is 3.05. The van der Waals surface area contributed by atoms with Gasteiger partial charge in [-0.05, 0) is 74.2 Å². The number of aliphatic hydroxyl groups is 2.